The quantitative estimate of drug-likeness (QED) is 0.865. The van der Waals surface area contributed by atoms with E-state index in [1.54, 1.807) is 24.3 Å². The normalized spacial score (nSPS) is 30.7. The molecule has 6 heteroatoms. The molecule has 2 N–H and O–H groups in total. The summed E-state index contributed by atoms with van der Waals surface area (Å²) in [6, 6.07) is 6.83. The monoisotopic (exact) mass is 322 g/mol. The van der Waals surface area contributed by atoms with Crippen LogP contribution in [-0.2, 0) is 20.7 Å². The molecule has 0 saturated carbocycles. The lowest BCUT2D eigenvalue weighted by Gasteiger charge is -2.41. The maximum atomic E-state index is 11.4. The van der Waals surface area contributed by atoms with Crippen molar-refractivity contribution >= 4 is 11.9 Å². The van der Waals surface area contributed by atoms with Gasteiger partial charge in [0.2, 0.25) is 6.29 Å². The SMILES string of the molecule is CC1[C@H](Oc2ccccc2CC(=O)O)O[C@H](C(=O)O)C(C)[C@@H]1C. The van der Waals surface area contributed by atoms with Gasteiger partial charge in [-0.15, -0.1) is 0 Å². The summed E-state index contributed by atoms with van der Waals surface area (Å²) in [7, 11) is 0. The second-order valence-corrected chi connectivity index (χ2v) is 6.14. The molecule has 0 bridgehead atoms. The molecule has 126 valence electrons. The molecule has 0 radical (unpaired) electrons. The van der Waals surface area contributed by atoms with Gasteiger partial charge in [-0.1, -0.05) is 39.0 Å². The van der Waals surface area contributed by atoms with Crippen LogP contribution < -0.4 is 4.74 Å². The zero-order chi connectivity index (χ0) is 17.1. The number of para-hydroxylation sites is 1. The minimum Gasteiger partial charge on any atom is -0.481 e. The average Bonchev–Trinajstić information content (AvgIpc) is 2.48. The van der Waals surface area contributed by atoms with Crippen LogP contribution >= 0.6 is 0 Å². The number of hydrogen-bond acceptors (Lipinski definition) is 4. The second-order valence-electron chi connectivity index (χ2n) is 6.14. The maximum Gasteiger partial charge on any atom is 0.333 e. The summed E-state index contributed by atoms with van der Waals surface area (Å²) < 4.78 is 11.5. The molecule has 1 saturated heterocycles. The topological polar surface area (TPSA) is 93.1 Å². The van der Waals surface area contributed by atoms with Crippen molar-refractivity contribution < 1.29 is 29.3 Å². The Kier molecular flexibility index (Phi) is 5.26. The Balaban J connectivity index is 2.21. The molecule has 0 aromatic heterocycles. The van der Waals surface area contributed by atoms with E-state index in [4.69, 9.17) is 14.6 Å². The van der Waals surface area contributed by atoms with Crippen molar-refractivity contribution in [1.82, 2.24) is 0 Å². The van der Waals surface area contributed by atoms with Crippen molar-refractivity contribution in [2.24, 2.45) is 17.8 Å². The molecule has 1 fully saturated rings. The molecule has 23 heavy (non-hydrogen) atoms. The minimum atomic E-state index is -1.01. The van der Waals surface area contributed by atoms with E-state index in [1.165, 1.54) is 0 Å². The Morgan fingerprint density at radius 2 is 1.74 bits per heavy atom. The molecule has 5 atom stereocenters. The molecule has 0 spiro atoms. The smallest absolute Gasteiger partial charge is 0.333 e. The van der Waals surface area contributed by atoms with Gasteiger partial charge in [-0.3, -0.25) is 4.79 Å². The van der Waals surface area contributed by atoms with Gasteiger partial charge < -0.3 is 19.7 Å². The number of ether oxygens (including phenoxy) is 2. The van der Waals surface area contributed by atoms with E-state index in [-0.39, 0.29) is 24.2 Å². The van der Waals surface area contributed by atoms with Crippen LogP contribution in [0.5, 0.6) is 5.75 Å². The van der Waals surface area contributed by atoms with Crippen LogP contribution in [0, 0.1) is 17.8 Å². The van der Waals surface area contributed by atoms with Gasteiger partial charge in [0.1, 0.15) is 5.75 Å². The summed E-state index contributed by atoms with van der Waals surface area (Å²) >= 11 is 0. The molecule has 0 aliphatic carbocycles. The Labute approximate surface area is 135 Å². The lowest BCUT2D eigenvalue weighted by molar-refractivity contribution is -0.220. The third kappa shape index (κ3) is 3.82. The Morgan fingerprint density at radius 1 is 1.09 bits per heavy atom. The first-order valence-electron chi connectivity index (χ1n) is 7.66. The highest BCUT2D eigenvalue weighted by molar-refractivity contribution is 5.73. The summed E-state index contributed by atoms with van der Waals surface area (Å²) in [6.45, 7) is 5.78. The molecule has 2 unspecified atom stereocenters. The van der Waals surface area contributed by atoms with Gasteiger partial charge in [0.05, 0.1) is 6.42 Å². The fraction of sp³-hybridized carbons (Fsp3) is 0.529. The van der Waals surface area contributed by atoms with Gasteiger partial charge in [-0.2, -0.15) is 0 Å². The van der Waals surface area contributed by atoms with Gasteiger partial charge >= 0.3 is 11.9 Å². The average molecular weight is 322 g/mol. The summed E-state index contributed by atoms with van der Waals surface area (Å²) in [5.74, 6) is -1.60. The standard InChI is InChI=1S/C17H22O6/c1-9-10(2)15(16(20)21)23-17(11(9)3)22-13-7-5-4-6-12(13)8-14(18)19/h4-7,9-11,15,17H,8H2,1-3H3,(H,18,19)(H,20,21)/t9-,10?,11?,15-,17+/m0/s1. The first kappa shape index (κ1) is 17.3. The number of carboxylic acid groups (broad SMARTS) is 2. The number of carbonyl (C=O) groups is 2. The van der Waals surface area contributed by atoms with Crippen molar-refractivity contribution in [2.75, 3.05) is 0 Å². The van der Waals surface area contributed by atoms with E-state index in [0.29, 0.717) is 11.3 Å². The number of rotatable bonds is 5. The van der Waals surface area contributed by atoms with Crippen molar-refractivity contribution in [1.29, 1.82) is 0 Å². The summed E-state index contributed by atoms with van der Waals surface area (Å²) in [5, 5.41) is 18.3. The highest BCUT2D eigenvalue weighted by Crippen LogP contribution is 2.36. The van der Waals surface area contributed by atoms with E-state index < -0.39 is 24.3 Å². The van der Waals surface area contributed by atoms with Crippen LogP contribution in [0.25, 0.3) is 0 Å². The van der Waals surface area contributed by atoms with Gasteiger partial charge in [-0.25, -0.2) is 4.79 Å². The third-order valence-corrected chi connectivity index (χ3v) is 4.65. The summed E-state index contributed by atoms with van der Waals surface area (Å²) in [4.78, 5) is 22.3. The highest BCUT2D eigenvalue weighted by Gasteiger charge is 2.43. The fourth-order valence-corrected chi connectivity index (χ4v) is 2.87. The van der Waals surface area contributed by atoms with Crippen LogP contribution in [0.4, 0.5) is 0 Å². The zero-order valence-corrected chi connectivity index (χ0v) is 13.4. The molecule has 0 amide bonds. The van der Waals surface area contributed by atoms with Gasteiger partial charge in [0, 0.05) is 11.5 Å². The van der Waals surface area contributed by atoms with Crippen LogP contribution in [0.15, 0.2) is 24.3 Å². The Hall–Kier alpha value is -2.08. The first-order valence-corrected chi connectivity index (χ1v) is 7.66. The number of carboxylic acids is 2. The van der Waals surface area contributed by atoms with Gasteiger partial charge in [0.15, 0.2) is 6.10 Å². The Bertz CT molecular complexity index is 584. The van der Waals surface area contributed by atoms with Gasteiger partial charge in [0.25, 0.3) is 0 Å². The molecular weight excluding hydrogens is 300 g/mol. The van der Waals surface area contributed by atoms with Crippen molar-refractivity contribution in [2.45, 2.75) is 39.6 Å². The summed E-state index contributed by atoms with van der Waals surface area (Å²) in [5.41, 5.74) is 0.536. The lowest BCUT2D eigenvalue weighted by atomic mass is 9.79. The van der Waals surface area contributed by atoms with Crippen LogP contribution in [-0.4, -0.2) is 34.5 Å². The number of aliphatic carboxylic acids is 2. The second kappa shape index (κ2) is 7.00. The molecule has 2 rings (SSSR count). The molecule has 1 aliphatic rings. The third-order valence-electron chi connectivity index (χ3n) is 4.65. The number of benzene rings is 1. The summed E-state index contributed by atoms with van der Waals surface area (Å²) in [6.07, 6.45) is -1.82. The van der Waals surface area contributed by atoms with Crippen molar-refractivity contribution in [3.8, 4) is 5.75 Å². The van der Waals surface area contributed by atoms with E-state index in [0.717, 1.165) is 0 Å². The molecule has 1 aromatic rings. The van der Waals surface area contributed by atoms with E-state index in [9.17, 15) is 14.7 Å². The van der Waals surface area contributed by atoms with Crippen LogP contribution in [0.1, 0.15) is 26.3 Å². The molecule has 1 aliphatic heterocycles. The molecular formula is C17H22O6. The van der Waals surface area contributed by atoms with E-state index in [1.807, 2.05) is 20.8 Å². The lowest BCUT2D eigenvalue weighted by Crippen LogP contribution is -2.50. The van der Waals surface area contributed by atoms with Crippen molar-refractivity contribution in [3.05, 3.63) is 29.8 Å². The predicted molar refractivity (Wildman–Crippen MR) is 82.2 cm³/mol. The van der Waals surface area contributed by atoms with Gasteiger partial charge in [-0.05, 0) is 17.9 Å². The maximum absolute atomic E-state index is 11.4. The highest BCUT2D eigenvalue weighted by atomic mass is 16.7. The molecule has 1 heterocycles. The molecule has 6 nitrogen and oxygen atoms in total. The number of hydrogen-bond donors (Lipinski definition) is 2. The predicted octanol–water partition coefficient (Wildman–Crippen LogP) is 2.41. The van der Waals surface area contributed by atoms with E-state index in [2.05, 4.69) is 0 Å². The van der Waals surface area contributed by atoms with Crippen LogP contribution in [0.3, 0.4) is 0 Å². The largest absolute Gasteiger partial charge is 0.481 e. The van der Waals surface area contributed by atoms with E-state index >= 15 is 0 Å². The molecule has 1 aromatic carbocycles. The Morgan fingerprint density at radius 3 is 2.35 bits per heavy atom. The zero-order valence-electron chi connectivity index (χ0n) is 13.4. The first-order chi connectivity index (χ1) is 10.8. The van der Waals surface area contributed by atoms with Crippen molar-refractivity contribution in [3.63, 3.8) is 0 Å². The fourth-order valence-electron chi connectivity index (χ4n) is 2.87. The van der Waals surface area contributed by atoms with Crippen LogP contribution in [0.2, 0.25) is 0 Å². The minimum absolute atomic E-state index is 0.0153.